The Balaban J connectivity index is 2.05. The Labute approximate surface area is 259 Å². The first-order valence-corrected chi connectivity index (χ1v) is 17.2. The maximum atomic E-state index is 15.3. The largest absolute Gasteiger partial charge is 0.434 e. The standard InChI is InChI=1S/C30H36BrF3N4O4Si/c1-9-11-22(26-20(31)12-10-13-25(26)41-28(33)34)37-23-14-19(21(32)15-24(23)38(39)40)18-16-35-27(36-17-18)30(5,6)42-43(7,8)29(2,3)4/h9-10,12-17,22,28,37H,1,11H2,2-8H3. The summed E-state index contributed by atoms with van der Waals surface area (Å²) in [7, 11) is -2.18. The highest BCUT2D eigenvalue weighted by atomic mass is 79.9. The molecule has 3 rings (SSSR count). The highest BCUT2D eigenvalue weighted by Crippen LogP contribution is 2.42. The molecule has 0 spiro atoms. The van der Waals surface area contributed by atoms with E-state index in [1.807, 2.05) is 13.8 Å². The Morgan fingerprint density at radius 2 is 1.79 bits per heavy atom. The van der Waals surface area contributed by atoms with E-state index in [0.717, 1.165) is 6.07 Å². The van der Waals surface area contributed by atoms with E-state index < -0.39 is 43.0 Å². The Bertz CT molecular complexity index is 1480. The molecule has 43 heavy (non-hydrogen) atoms. The maximum absolute atomic E-state index is 15.3. The highest BCUT2D eigenvalue weighted by molar-refractivity contribution is 9.10. The molecule has 2 aromatic carbocycles. The molecule has 0 fully saturated rings. The number of aromatic nitrogens is 2. The molecule has 0 saturated heterocycles. The number of alkyl halides is 2. The van der Waals surface area contributed by atoms with Crippen LogP contribution in [0.2, 0.25) is 18.1 Å². The van der Waals surface area contributed by atoms with Crippen LogP contribution >= 0.6 is 15.9 Å². The van der Waals surface area contributed by atoms with Gasteiger partial charge in [-0.2, -0.15) is 8.78 Å². The summed E-state index contributed by atoms with van der Waals surface area (Å²) in [5.41, 5.74) is -0.819. The predicted molar refractivity (Wildman–Crippen MR) is 167 cm³/mol. The molecular formula is C30H36BrF3N4O4Si. The molecule has 0 amide bonds. The molecule has 0 bridgehead atoms. The van der Waals surface area contributed by atoms with Gasteiger partial charge < -0.3 is 14.5 Å². The maximum Gasteiger partial charge on any atom is 0.387 e. The first-order chi connectivity index (χ1) is 19.9. The van der Waals surface area contributed by atoms with Crippen LogP contribution in [0, 0.1) is 15.9 Å². The highest BCUT2D eigenvalue weighted by Gasteiger charge is 2.43. The van der Waals surface area contributed by atoms with Crippen LogP contribution in [-0.2, 0) is 10.0 Å². The molecule has 1 aromatic heterocycles. The van der Waals surface area contributed by atoms with Crippen molar-refractivity contribution in [2.24, 2.45) is 0 Å². The normalized spacial score (nSPS) is 13.1. The molecular weight excluding hydrogens is 645 g/mol. The van der Waals surface area contributed by atoms with Gasteiger partial charge in [0.25, 0.3) is 5.69 Å². The minimum atomic E-state index is -3.09. The van der Waals surface area contributed by atoms with Gasteiger partial charge in [0.05, 0.1) is 17.0 Å². The second-order valence-corrected chi connectivity index (χ2v) is 17.6. The van der Waals surface area contributed by atoms with Crippen LogP contribution in [0.4, 0.5) is 24.5 Å². The first kappa shape index (κ1) is 34.2. The lowest BCUT2D eigenvalue weighted by Crippen LogP contribution is -2.46. The molecule has 3 aromatic rings. The third-order valence-electron chi connectivity index (χ3n) is 7.41. The zero-order chi connectivity index (χ0) is 32.3. The van der Waals surface area contributed by atoms with Crippen LogP contribution in [0.1, 0.15) is 58.5 Å². The lowest BCUT2D eigenvalue weighted by atomic mass is 10.0. The number of benzene rings is 2. The van der Waals surface area contributed by atoms with Gasteiger partial charge in [0, 0.05) is 33.6 Å². The van der Waals surface area contributed by atoms with Gasteiger partial charge in [0.1, 0.15) is 22.9 Å². The van der Waals surface area contributed by atoms with Gasteiger partial charge in [-0.15, -0.1) is 6.58 Å². The molecule has 13 heteroatoms. The van der Waals surface area contributed by atoms with Crippen molar-refractivity contribution >= 4 is 35.6 Å². The van der Waals surface area contributed by atoms with Crippen molar-refractivity contribution in [2.75, 3.05) is 5.32 Å². The first-order valence-electron chi connectivity index (χ1n) is 13.5. The van der Waals surface area contributed by atoms with E-state index in [-0.39, 0.29) is 34.0 Å². The Morgan fingerprint density at radius 3 is 2.33 bits per heavy atom. The molecule has 0 saturated carbocycles. The summed E-state index contributed by atoms with van der Waals surface area (Å²) < 4.78 is 53.3. The van der Waals surface area contributed by atoms with Crippen molar-refractivity contribution in [1.82, 2.24) is 9.97 Å². The van der Waals surface area contributed by atoms with Crippen molar-refractivity contribution in [3.63, 3.8) is 0 Å². The second kappa shape index (κ2) is 13.1. The quantitative estimate of drug-likeness (QED) is 0.0880. The summed E-state index contributed by atoms with van der Waals surface area (Å²) in [6.07, 6.45) is 4.58. The molecule has 1 N–H and O–H groups in total. The molecule has 1 unspecified atom stereocenters. The van der Waals surface area contributed by atoms with Crippen LogP contribution < -0.4 is 10.1 Å². The number of nitro benzene ring substituents is 1. The molecule has 0 aliphatic rings. The van der Waals surface area contributed by atoms with E-state index in [0.29, 0.717) is 15.9 Å². The molecule has 1 atom stereocenters. The number of nitrogens with zero attached hydrogens (tertiary/aromatic N) is 3. The lowest BCUT2D eigenvalue weighted by molar-refractivity contribution is -0.384. The number of rotatable bonds is 12. The molecule has 232 valence electrons. The summed E-state index contributed by atoms with van der Waals surface area (Å²) in [6.45, 7) is 15.0. The van der Waals surface area contributed by atoms with Gasteiger partial charge >= 0.3 is 6.61 Å². The summed E-state index contributed by atoms with van der Waals surface area (Å²) in [5.74, 6) is -0.568. The summed E-state index contributed by atoms with van der Waals surface area (Å²) >= 11 is 3.37. The average Bonchev–Trinajstić information content (AvgIpc) is 2.88. The smallest absolute Gasteiger partial charge is 0.387 e. The Morgan fingerprint density at radius 1 is 1.16 bits per heavy atom. The fraction of sp³-hybridized carbons (Fsp3) is 0.400. The summed E-state index contributed by atoms with van der Waals surface area (Å²) in [6, 6.07) is 5.80. The molecule has 0 aliphatic carbocycles. The Hall–Kier alpha value is -3.29. The van der Waals surface area contributed by atoms with Crippen molar-refractivity contribution in [2.45, 2.75) is 77.4 Å². The number of anilines is 1. The van der Waals surface area contributed by atoms with Crippen LogP contribution in [-0.4, -0.2) is 29.8 Å². The minimum Gasteiger partial charge on any atom is -0.434 e. The number of hydrogen-bond donors (Lipinski definition) is 1. The topological polar surface area (TPSA) is 99.4 Å². The number of halogens is 4. The van der Waals surface area contributed by atoms with Crippen molar-refractivity contribution in [3.8, 4) is 16.9 Å². The SMILES string of the molecule is C=CCC(Nc1cc(-c2cnc(C(C)(C)O[Si](C)(C)C(C)(C)C)nc2)c(F)cc1[N+](=O)[O-])c1c(Br)cccc1OC(F)F. The predicted octanol–water partition coefficient (Wildman–Crippen LogP) is 9.54. The van der Waals surface area contributed by atoms with E-state index >= 15 is 4.39 Å². The monoisotopic (exact) mass is 680 g/mol. The minimum absolute atomic E-state index is 0.0105. The van der Waals surface area contributed by atoms with Crippen LogP contribution in [0.15, 0.2) is 59.9 Å². The fourth-order valence-electron chi connectivity index (χ4n) is 4.32. The lowest BCUT2D eigenvalue weighted by Gasteiger charge is -2.42. The van der Waals surface area contributed by atoms with E-state index in [2.05, 4.69) is 71.7 Å². The van der Waals surface area contributed by atoms with Gasteiger partial charge in [-0.25, -0.2) is 14.4 Å². The zero-order valence-electron chi connectivity index (χ0n) is 25.2. The fourth-order valence-corrected chi connectivity index (χ4v) is 6.62. The van der Waals surface area contributed by atoms with Crippen molar-refractivity contribution in [1.29, 1.82) is 0 Å². The number of ether oxygens (including phenoxy) is 1. The summed E-state index contributed by atoms with van der Waals surface area (Å²) in [5, 5.41) is 14.9. The van der Waals surface area contributed by atoms with Crippen molar-refractivity contribution < 1.29 is 27.3 Å². The van der Waals surface area contributed by atoms with Gasteiger partial charge in [-0.1, -0.05) is 48.8 Å². The average molecular weight is 682 g/mol. The van der Waals surface area contributed by atoms with Crippen LogP contribution in [0.3, 0.4) is 0 Å². The van der Waals surface area contributed by atoms with E-state index in [4.69, 9.17) is 9.16 Å². The molecule has 1 heterocycles. The third kappa shape index (κ3) is 8.01. The van der Waals surface area contributed by atoms with Crippen molar-refractivity contribution in [3.05, 3.63) is 87.2 Å². The van der Waals surface area contributed by atoms with E-state index in [1.54, 1.807) is 6.07 Å². The molecule has 8 nitrogen and oxygen atoms in total. The van der Waals surface area contributed by atoms with Crippen LogP contribution in [0.5, 0.6) is 5.75 Å². The zero-order valence-corrected chi connectivity index (χ0v) is 27.8. The third-order valence-corrected chi connectivity index (χ3v) is 12.7. The molecule has 0 aliphatic heterocycles. The molecule has 0 radical (unpaired) electrons. The van der Waals surface area contributed by atoms with E-state index in [1.165, 1.54) is 36.7 Å². The number of nitro groups is 1. The second-order valence-electron chi connectivity index (χ2n) is 12.0. The van der Waals surface area contributed by atoms with Gasteiger partial charge in [0.2, 0.25) is 0 Å². The number of hydrogen-bond acceptors (Lipinski definition) is 7. The van der Waals surface area contributed by atoms with Gasteiger partial charge in [-0.3, -0.25) is 10.1 Å². The Kier molecular flexibility index (Phi) is 10.5. The summed E-state index contributed by atoms with van der Waals surface area (Å²) in [4.78, 5) is 20.1. The number of nitrogens with one attached hydrogen (secondary N) is 1. The van der Waals surface area contributed by atoms with Gasteiger partial charge in [-0.05, 0) is 56.6 Å². The van der Waals surface area contributed by atoms with Gasteiger partial charge in [0.15, 0.2) is 14.1 Å². The van der Waals surface area contributed by atoms with Crippen LogP contribution in [0.25, 0.3) is 11.1 Å². The van der Waals surface area contributed by atoms with E-state index in [9.17, 15) is 18.9 Å².